The predicted octanol–water partition coefficient (Wildman–Crippen LogP) is 1.12. The summed E-state index contributed by atoms with van der Waals surface area (Å²) in [4.78, 5) is 14.5. The number of carbonyl (C=O) groups is 1. The van der Waals surface area contributed by atoms with Gasteiger partial charge in [0.25, 0.3) is 0 Å². The molecule has 1 aromatic rings. The van der Waals surface area contributed by atoms with Gasteiger partial charge in [-0.1, -0.05) is 0 Å². The lowest BCUT2D eigenvalue weighted by Crippen LogP contribution is -2.21. The molecule has 2 rings (SSSR count). The Morgan fingerprint density at radius 2 is 2.50 bits per heavy atom. The number of hydrogen-bond donors (Lipinski definition) is 2. The average Bonchev–Trinajstić information content (AvgIpc) is 2.73. The number of hydrogen-bond acceptors (Lipinski definition) is 4. The Morgan fingerprint density at radius 1 is 1.69 bits per heavy atom. The topological polar surface area (TPSA) is 71.5 Å². The molecular formula is C10H11FN2O3. The van der Waals surface area contributed by atoms with Gasteiger partial charge in [-0.25, -0.2) is 14.2 Å². The van der Waals surface area contributed by atoms with Crippen molar-refractivity contribution in [1.82, 2.24) is 4.98 Å². The maximum atomic E-state index is 13.6. The first kappa shape index (κ1) is 10.8. The van der Waals surface area contributed by atoms with Crippen molar-refractivity contribution in [3.05, 3.63) is 23.6 Å². The molecule has 0 spiro atoms. The molecule has 16 heavy (non-hydrogen) atoms. The molecule has 1 atom stereocenters. The number of nitrogens with one attached hydrogen (secondary N) is 1. The van der Waals surface area contributed by atoms with E-state index in [2.05, 4.69) is 10.3 Å². The summed E-state index contributed by atoms with van der Waals surface area (Å²) >= 11 is 0. The van der Waals surface area contributed by atoms with Gasteiger partial charge in [0, 0.05) is 12.8 Å². The van der Waals surface area contributed by atoms with E-state index in [1.54, 1.807) is 0 Å². The molecule has 0 aromatic carbocycles. The molecule has 1 aliphatic rings. The minimum absolute atomic E-state index is 0.00829. The number of pyridine rings is 1. The van der Waals surface area contributed by atoms with Gasteiger partial charge in [0.05, 0.1) is 12.6 Å². The lowest BCUT2D eigenvalue weighted by molar-refractivity contribution is 0.0692. The van der Waals surface area contributed by atoms with Crippen LogP contribution in [0, 0.1) is 5.82 Å². The maximum Gasteiger partial charge on any atom is 0.338 e. The first-order chi connectivity index (χ1) is 7.68. The lowest BCUT2D eigenvalue weighted by atomic mass is 10.2. The zero-order valence-electron chi connectivity index (χ0n) is 8.44. The number of carboxylic acid groups (broad SMARTS) is 1. The number of halogens is 1. The molecule has 0 saturated carbocycles. The van der Waals surface area contributed by atoms with E-state index in [1.165, 1.54) is 6.20 Å². The average molecular weight is 226 g/mol. The molecule has 0 aliphatic carbocycles. The maximum absolute atomic E-state index is 13.6. The van der Waals surface area contributed by atoms with Crippen molar-refractivity contribution in [2.75, 3.05) is 18.5 Å². The van der Waals surface area contributed by atoms with Gasteiger partial charge in [0.15, 0.2) is 11.6 Å². The quantitative estimate of drug-likeness (QED) is 0.808. The number of nitrogens with zero attached hydrogens (tertiary/aromatic N) is 1. The van der Waals surface area contributed by atoms with E-state index in [0.717, 1.165) is 12.5 Å². The van der Waals surface area contributed by atoms with Crippen LogP contribution >= 0.6 is 0 Å². The molecule has 1 unspecified atom stereocenters. The van der Waals surface area contributed by atoms with Gasteiger partial charge in [0.2, 0.25) is 0 Å². The third kappa shape index (κ3) is 2.11. The van der Waals surface area contributed by atoms with Crippen molar-refractivity contribution in [2.45, 2.75) is 12.5 Å². The van der Waals surface area contributed by atoms with Gasteiger partial charge in [-0.05, 0) is 12.5 Å². The highest BCUT2D eigenvalue weighted by molar-refractivity contribution is 5.88. The van der Waals surface area contributed by atoms with E-state index in [1.807, 2.05) is 0 Å². The van der Waals surface area contributed by atoms with E-state index in [9.17, 15) is 9.18 Å². The number of carboxylic acids is 1. The van der Waals surface area contributed by atoms with Gasteiger partial charge in [0.1, 0.15) is 5.56 Å². The fourth-order valence-corrected chi connectivity index (χ4v) is 1.55. The van der Waals surface area contributed by atoms with E-state index >= 15 is 0 Å². The molecule has 0 bridgehead atoms. The normalized spacial score (nSPS) is 19.7. The zero-order valence-corrected chi connectivity index (χ0v) is 8.44. The standard InChI is InChI=1S/C10H11FN2O3/c11-8-7(10(14)15)1-3-12-9(8)13-6-2-4-16-5-6/h1,3,6H,2,4-5H2,(H,12,13)(H,14,15). The third-order valence-electron chi connectivity index (χ3n) is 2.39. The first-order valence-corrected chi connectivity index (χ1v) is 4.90. The van der Waals surface area contributed by atoms with Gasteiger partial charge < -0.3 is 15.2 Å². The molecule has 2 N–H and O–H groups in total. The summed E-state index contributed by atoms with van der Waals surface area (Å²) in [6.45, 7) is 1.11. The van der Waals surface area contributed by atoms with Crippen LogP contribution in [0.1, 0.15) is 16.8 Å². The Bertz CT molecular complexity index is 405. The van der Waals surface area contributed by atoms with Crippen molar-refractivity contribution in [2.24, 2.45) is 0 Å². The van der Waals surface area contributed by atoms with E-state index in [-0.39, 0.29) is 17.4 Å². The van der Waals surface area contributed by atoms with Crippen LogP contribution in [-0.2, 0) is 4.74 Å². The summed E-state index contributed by atoms with van der Waals surface area (Å²) in [5.41, 5.74) is -0.378. The summed E-state index contributed by atoms with van der Waals surface area (Å²) in [5.74, 6) is -2.16. The minimum atomic E-state index is -1.30. The Morgan fingerprint density at radius 3 is 3.12 bits per heavy atom. The first-order valence-electron chi connectivity index (χ1n) is 4.90. The Labute approximate surface area is 91.3 Å². The van der Waals surface area contributed by atoms with Crippen molar-refractivity contribution >= 4 is 11.8 Å². The van der Waals surface area contributed by atoms with E-state index in [4.69, 9.17) is 9.84 Å². The molecule has 0 radical (unpaired) electrons. The monoisotopic (exact) mass is 226 g/mol. The number of aromatic carboxylic acids is 1. The van der Waals surface area contributed by atoms with Gasteiger partial charge in [-0.15, -0.1) is 0 Å². The summed E-state index contributed by atoms with van der Waals surface area (Å²) in [6, 6.07) is 1.12. The Balaban J connectivity index is 2.20. The highest BCUT2D eigenvalue weighted by Gasteiger charge is 2.20. The Kier molecular flexibility index (Phi) is 3.00. The molecule has 0 amide bonds. The molecule has 1 fully saturated rings. The molecule has 6 heteroatoms. The van der Waals surface area contributed by atoms with Crippen molar-refractivity contribution in [1.29, 1.82) is 0 Å². The molecule has 86 valence electrons. The van der Waals surface area contributed by atoms with Crippen LogP contribution in [0.2, 0.25) is 0 Å². The van der Waals surface area contributed by atoms with Gasteiger partial charge in [-0.2, -0.15) is 0 Å². The molecular weight excluding hydrogens is 215 g/mol. The minimum Gasteiger partial charge on any atom is -0.478 e. The Hall–Kier alpha value is -1.69. The molecule has 1 aliphatic heterocycles. The van der Waals surface area contributed by atoms with Gasteiger partial charge in [-0.3, -0.25) is 0 Å². The summed E-state index contributed by atoms with van der Waals surface area (Å²) in [6.07, 6.45) is 2.03. The lowest BCUT2D eigenvalue weighted by Gasteiger charge is -2.12. The predicted molar refractivity (Wildman–Crippen MR) is 54.0 cm³/mol. The second-order valence-corrected chi connectivity index (χ2v) is 3.53. The molecule has 5 nitrogen and oxygen atoms in total. The van der Waals surface area contributed by atoms with E-state index in [0.29, 0.717) is 13.2 Å². The van der Waals surface area contributed by atoms with Crippen LogP contribution in [0.25, 0.3) is 0 Å². The summed E-state index contributed by atoms with van der Waals surface area (Å²) in [7, 11) is 0. The fourth-order valence-electron chi connectivity index (χ4n) is 1.55. The summed E-state index contributed by atoms with van der Waals surface area (Å²) < 4.78 is 18.7. The van der Waals surface area contributed by atoms with Gasteiger partial charge >= 0.3 is 5.97 Å². The second kappa shape index (κ2) is 4.44. The second-order valence-electron chi connectivity index (χ2n) is 3.53. The number of rotatable bonds is 3. The van der Waals surface area contributed by atoms with Crippen molar-refractivity contribution < 1.29 is 19.0 Å². The number of aromatic nitrogens is 1. The van der Waals surface area contributed by atoms with Crippen molar-refractivity contribution in [3.8, 4) is 0 Å². The molecule has 2 heterocycles. The van der Waals surface area contributed by atoms with Crippen LogP contribution in [0.3, 0.4) is 0 Å². The van der Waals surface area contributed by atoms with Crippen LogP contribution in [0.4, 0.5) is 10.2 Å². The molecule has 1 saturated heterocycles. The molecule has 1 aromatic heterocycles. The number of anilines is 1. The largest absolute Gasteiger partial charge is 0.478 e. The van der Waals surface area contributed by atoms with Crippen LogP contribution in [0.5, 0.6) is 0 Å². The van der Waals surface area contributed by atoms with Crippen LogP contribution < -0.4 is 5.32 Å². The SMILES string of the molecule is O=C(O)c1ccnc(NC2CCOC2)c1F. The smallest absolute Gasteiger partial charge is 0.338 e. The van der Waals surface area contributed by atoms with Crippen LogP contribution in [-0.4, -0.2) is 35.3 Å². The fraction of sp³-hybridized carbons (Fsp3) is 0.400. The highest BCUT2D eigenvalue weighted by Crippen LogP contribution is 2.18. The van der Waals surface area contributed by atoms with Crippen molar-refractivity contribution in [3.63, 3.8) is 0 Å². The third-order valence-corrected chi connectivity index (χ3v) is 2.39. The van der Waals surface area contributed by atoms with E-state index < -0.39 is 11.8 Å². The zero-order chi connectivity index (χ0) is 11.5. The highest BCUT2D eigenvalue weighted by atomic mass is 19.1. The number of ether oxygens (including phenoxy) is 1. The summed E-state index contributed by atoms with van der Waals surface area (Å²) in [5, 5.41) is 11.6. The van der Waals surface area contributed by atoms with Crippen LogP contribution in [0.15, 0.2) is 12.3 Å².